The molecule has 1 unspecified atom stereocenters. The van der Waals surface area contributed by atoms with Crippen molar-refractivity contribution >= 4 is 0 Å². The fourth-order valence-corrected chi connectivity index (χ4v) is 2.29. The van der Waals surface area contributed by atoms with E-state index in [1.807, 2.05) is 0 Å². The van der Waals surface area contributed by atoms with Gasteiger partial charge in [0.15, 0.2) is 0 Å². The van der Waals surface area contributed by atoms with E-state index in [0.29, 0.717) is 0 Å². The molecule has 1 aliphatic heterocycles. The minimum atomic E-state index is 0.250. The molecular formula is C16H24O2. The van der Waals surface area contributed by atoms with E-state index in [2.05, 4.69) is 31.2 Å². The summed E-state index contributed by atoms with van der Waals surface area (Å²) in [5.74, 6) is 0.975. The van der Waals surface area contributed by atoms with Crippen molar-refractivity contribution in [3.63, 3.8) is 0 Å². The lowest BCUT2D eigenvalue weighted by molar-refractivity contribution is 0.141. The first-order valence-corrected chi connectivity index (χ1v) is 7.22. The second-order valence-electron chi connectivity index (χ2n) is 5.06. The summed E-state index contributed by atoms with van der Waals surface area (Å²) in [6.45, 7) is 3.82. The molecule has 1 saturated heterocycles. The van der Waals surface area contributed by atoms with Crippen LogP contribution in [0.3, 0.4) is 0 Å². The fraction of sp³-hybridized carbons (Fsp3) is 0.625. The Hall–Kier alpha value is -1.02. The summed E-state index contributed by atoms with van der Waals surface area (Å²) in [4.78, 5) is 0. The zero-order valence-corrected chi connectivity index (χ0v) is 11.4. The van der Waals surface area contributed by atoms with Crippen molar-refractivity contribution in [1.29, 1.82) is 0 Å². The molecule has 0 aromatic heterocycles. The molecule has 2 rings (SSSR count). The highest BCUT2D eigenvalue weighted by atomic mass is 16.5. The Morgan fingerprint density at radius 1 is 1.17 bits per heavy atom. The SMILES string of the molecule is CCCCCCc1ccc(OC2CCOC2)cc1. The van der Waals surface area contributed by atoms with E-state index < -0.39 is 0 Å². The topological polar surface area (TPSA) is 18.5 Å². The van der Waals surface area contributed by atoms with Crippen molar-refractivity contribution in [3.05, 3.63) is 29.8 Å². The summed E-state index contributed by atoms with van der Waals surface area (Å²) in [5, 5.41) is 0. The molecule has 2 heteroatoms. The number of ether oxygens (including phenoxy) is 2. The van der Waals surface area contributed by atoms with Crippen LogP contribution in [0, 0.1) is 0 Å². The number of benzene rings is 1. The molecule has 0 saturated carbocycles. The number of unbranched alkanes of at least 4 members (excludes halogenated alkanes) is 3. The van der Waals surface area contributed by atoms with Crippen LogP contribution in [-0.4, -0.2) is 19.3 Å². The number of hydrogen-bond donors (Lipinski definition) is 0. The van der Waals surface area contributed by atoms with E-state index >= 15 is 0 Å². The van der Waals surface area contributed by atoms with E-state index in [-0.39, 0.29) is 6.10 Å². The average Bonchev–Trinajstić information content (AvgIpc) is 2.89. The average molecular weight is 248 g/mol. The van der Waals surface area contributed by atoms with Crippen molar-refractivity contribution in [2.75, 3.05) is 13.2 Å². The van der Waals surface area contributed by atoms with Crippen LogP contribution >= 0.6 is 0 Å². The number of rotatable bonds is 7. The maximum atomic E-state index is 5.85. The molecule has 1 aromatic carbocycles. The highest BCUT2D eigenvalue weighted by molar-refractivity contribution is 5.27. The minimum Gasteiger partial charge on any atom is -0.488 e. The predicted octanol–water partition coefficient (Wildman–Crippen LogP) is 3.98. The van der Waals surface area contributed by atoms with Crippen molar-refractivity contribution in [1.82, 2.24) is 0 Å². The van der Waals surface area contributed by atoms with Crippen molar-refractivity contribution in [2.45, 2.75) is 51.6 Å². The van der Waals surface area contributed by atoms with E-state index in [9.17, 15) is 0 Å². The highest BCUT2D eigenvalue weighted by Crippen LogP contribution is 2.18. The molecule has 100 valence electrons. The van der Waals surface area contributed by atoms with Crippen molar-refractivity contribution in [2.24, 2.45) is 0 Å². The van der Waals surface area contributed by atoms with Gasteiger partial charge in [-0.2, -0.15) is 0 Å². The number of aryl methyl sites for hydroxylation is 1. The van der Waals surface area contributed by atoms with Crippen molar-refractivity contribution < 1.29 is 9.47 Å². The van der Waals surface area contributed by atoms with Crippen LogP contribution in [0.5, 0.6) is 5.75 Å². The molecular weight excluding hydrogens is 224 g/mol. The number of hydrogen-bond acceptors (Lipinski definition) is 2. The first-order chi connectivity index (χ1) is 8.88. The Kier molecular flexibility index (Phi) is 5.53. The highest BCUT2D eigenvalue weighted by Gasteiger charge is 2.16. The van der Waals surface area contributed by atoms with Gasteiger partial charge in [0, 0.05) is 6.42 Å². The van der Waals surface area contributed by atoms with Crippen LogP contribution in [0.1, 0.15) is 44.6 Å². The van der Waals surface area contributed by atoms with Gasteiger partial charge in [-0.25, -0.2) is 0 Å². The quantitative estimate of drug-likeness (QED) is 0.680. The van der Waals surface area contributed by atoms with Crippen LogP contribution in [0.4, 0.5) is 0 Å². The van der Waals surface area contributed by atoms with Gasteiger partial charge < -0.3 is 9.47 Å². The van der Waals surface area contributed by atoms with Gasteiger partial charge in [-0.15, -0.1) is 0 Å². The zero-order chi connectivity index (χ0) is 12.6. The smallest absolute Gasteiger partial charge is 0.124 e. The van der Waals surface area contributed by atoms with Gasteiger partial charge in [0.25, 0.3) is 0 Å². The Morgan fingerprint density at radius 2 is 2.00 bits per heavy atom. The maximum Gasteiger partial charge on any atom is 0.124 e. The molecule has 0 spiro atoms. The lowest BCUT2D eigenvalue weighted by Gasteiger charge is -2.12. The van der Waals surface area contributed by atoms with Crippen LogP contribution < -0.4 is 4.74 Å². The summed E-state index contributed by atoms with van der Waals surface area (Å²) < 4.78 is 11.2. The summed E-state index contributed by atoms with van der Waals surface area (Å²) >= 11 is 0. The first-order valence-electron chi connectivity index (χ1n) is 7.22. The maximum absolute atomic E-state index is 5.85. The summed E-state index contributed by atoms with van der Waals surface area (Å²) in [5.41, 5.74) is 1.42. The van der Waals surface area contributed by atoms with Gasteiger partial charge in [0.2, 0.25) is 0 Å². The van der Waals surface area contributed by atoms with Gasteiger partial charge in [-0.3, -0.25) is 0 Å². The molecule has 0 N–H and O–H groups in total. The van der Waals surface area contributed by atoms with E-state index in [1.165, 1.54) is 37.7 Å². The predicted molar refractivity (Wildman–Crippen MR) is 74.1 cm³/mol. The van der Waals surface area contributed by atoms with Gasteiger partial charge in [0.1, 0.15) is 11.9 Å². The molecule has 0 aliphatic carbocycles. The van der Waals surface area contributed by atoms with E-state index in [0.717, 1.165) is 25.4 Å². The Balaban J connectivity index is 1.74. The fourth-order valence-electron chi connectivity index (χ4n) is 2.29. The summed E-state index contributed by atoms with van der Waals surface area (Å²) in [7, 11) is 0. The van der Waals surface area contributed by atoms with Gasteiger partial charge in [-0.1, -0.05) is 38.3 Å². The lowest BCUT2D eigenvalue weighted by Crippen LogP contribution is -2.15. The molecule has 18 heavy (non-hydrogen) atoms. The molecule has 1 aliphatic rings. The second kappa shape index (κ2) is 7.42. The van der Waals surface area contributed by atoms with Crippen LogP contribution in [0.25, 0.3) is 0 Å². The minimum absolute atomic E-state index is 0.250. The molecule has 0 amide bonds. The zero-order valence-electron chi connectivity index (χ0n) is 11.4. The first kappa shape index (κ1) is 13.4. The van der Waals surface area contributed by atoms with E-state index in [1.54, 1.807) is 0 Å². The second-order valence-corrected chi connectivity index (χ2v) is 5.06. The molecule has 0 bridgehead atoms. The monoisotopic (exact) mass is 248 g/mol. The standard InChI is InChI=1S/C16H24O2/c1-2-3-4-5-6-14-7-9-15(10-8-14)18-16-11-12-17-13-16/h7-10,16H,2-6,11-13H2,1H3. The summed E-state index contributed by atoms with van der Waals surface area (Å²) in [6, 6.07) is 8.56. The molecule has 1 fully saturated rings. The summed E-state index contributed by atoms with van der Waals surface area (Å²) in [6.07, 6.45) is 7.74. The lowest BCUT2D eigenvalue weighted by atomic mass is 10.1. The van der Waals surface area contributed by atoms with Crippen LogP contribution in [0.15, 0.2) is 24.3 Å². The largest absolute Gasteiger partial charge is 0.488 e. The normalized spacial score (nSPS) is 19.1. The Morgan fingerprint density at radius 3 is 2.67 bits per heavy atom. The molecule has 1 heterocycles. The Labute approximate surface area is 110 Å². The molecule has 0 radical (unpaired) electrons. The van der Waals surface area contributed by atoms with E-state index in [4.69, 9.17) is 9.47 Å². The van der Waals surface area contributed by atoms with Crippen LogP contribution in [0.2, 0.25) is 0 Å². The van der Waals surface area contributed by atoms with Gasteiger partial charge in [0.05, 0.1) is 13.2 Å². The van der Waals surface area contributed by atoms with Crippen molar-refractivity contribution in [3.8, 4) is 5.75 Å². The van der Waals surface area contributed by atoms with Gasteiger partial charge >= 0.3 is 0 Å². The van der Waals surface area contributed by atoms with Gasteiger partial charge in [-0.05, 0) is 30.5 Å². The molecule has 1 atom stereocenters. The van der Waals surface area contributed by atoms with Crippen LogP contribution in [-0.2, 0) is 11.2 Å². The third-order valence-corrected chi connectivity index (χ3v) is 3.43. The Bertz CT molecular complexity index is 325. The third-order valence-electron chi connectivity index (χ3n) is 3.43. The third kappa shape index (κ3) is 4.34. The molecule has 1 aromatic rings. The molecule has 2 nitrogen and oxygen atoms in total.